The highest BCUT2D eigenvalue weighted by Crippen LogP contribution is 2.39. The van der Waals surface area contributed by atoms with Crippen molar-refractivity contribution in [3.63, 3.8) is 0 Å². The molecule has 9 heteroatoms. The molecule has 0 spiro atoms. The minimum Gasteiger partial charge on any atom is -0.472 e. The smallest absolute Gasteiger partial charge is 0.420 e. The van der Waals surface area contributed by atoms with Gasteiger partial charge < -0.3 is 4.42 Å². The van der Waals surface area contributed by atoms with Crippen molar-refractivity contribution in [1.82, 2.24) is 9.38 Å². The van der Waals surface area contributed by atoms with Crippen molar-refractivity contribution in [2.24, 2.45) is 5.92 Å². The third-order valence-corrected chi connectivity index (χ3v) is 7.47. The van der Waals surface area contributed by atoms with Gasteiger partial charge in [-0.05, 0) is 77.4 Å². The average molecular weight is 549 g/mol. The van der Waals surface area contributed by atoms with Crippen molar-refractivity contribution in [1.29, 1.82) is 0 Å². The molecule has 182 valence electrons. The first-order valence-corrected chi connectivity index (χ1v) is 12.1. The Balaban J connectivity index is 1.47. The van der Waals surface area contributed by atoms with Crippen LogP contribution in [0.15, 0.2) is 64.1 Å². The number of furan rings is 1. The van der Waals surface area contributed by atoms with Crippen LogP contribution in [0.1, 0.15) is 59.6 Å². The minimum absolute atomic E-state index is 0.00551. The molecule has 1 aliphatic rings. The second-order valence-corrected chi connectivity index (χ2v) is 9.67. The number of aromatic nitrogens is 2. The Morgan fingerprint density at radius 3 is 2.63 bits per heavy atom. The van der Waals surface area contributed by atoms with E-state index in [4.69, 9.17) is 4.42 Å². The molecule has 1 fully saturated rings. The van der Waals surface area contributed by atoms with E-state index in [0.29, 0.717) is 30.4 Å². The molecule has 1 saturated carbocycles. The van der Waals surface area contributed by atoms with Crippen LogP contribution in [0.4, 0.5) is 17.6 Å². The number of carbonyl (C=O) groups excluding carboxylic acids is 1. The van der Waals surface area contributed by atoms with Gasteiger partial charge in [-0.2, -0.15) is 13.2 Å². The number of Topliss-reactive ketones (excluding diaryl/α,β-unsaturated/α-hetero) is 1. The van der Waals surface area contributed by atoms with Crippen molar-refractivity contribution in [3.8, 4) is 11.1 Å². The number of nitrogens with zero attached hydrogens (tertiary/aromatic N) is 2. The predicted molar refractivity (Wildman–Crippen MR) is 126 cm³/mol. The van der Waals surface area contributed by atoms with Crippen molar-refractivity contribution in [2.45, 2.75) is 44.2 Å². The van der Waals surface area contributed by atoms with Crippen LogP contribution >= 0.6 is 15.9 Å². The van der Waals surface area contributed by atoms with Gasteiger partial charge in [0, 0.05) is 23.2 Å². The number of hydrogen-bond donors (Lipinski definition) is 0. The molecule has 5 rings (SSSR count). The van der Waals surface area contributed by atoms with E-state index < -0.39 is 11.7 Å². The number of carbonyl (C=O) groups is 1. The highest BCUT2D eigenvalue weighted by Gasteiger charge is 2.37. The van der Waals surface area contributed by atoms with Gasteiger partial charge in [0.2, 0.25) is 0 Å². The maximum Gasteiger partial charge on any atom is 0.420 e. The van der Waals surface area contributed by atoms with Crippen molar-refractivity contribution in [2.75, 3.05) is 0 Å². The summed E-state index contributed by atoms with van der Waals surface area (Å²) in [5.74, 6) is -0.790. The van der Waals surface area contributed by atoms with Crippen molar-refractivity contribution in [3.05, 3.63) is 82.4 Å². The zero-order valence-corrected chi connectivity index (χ0v) is 20.1. The number of hydrogen-bond acceptors (Lipinski definition) is 3. The van der Waals surface area contributed by atoms with Crippen LogP contribution in [0.3, 0.4) is 0 Å². The van der Waals surface area contributed by atoms with E-state index in [0.717, 1.165) is 24.5 Å². The Labute approximate surface area is 207 Å². The standard InChI is InChI=1S/C26H21BrF4N2O2/c27-24-22(23(34)16-4-1-3-15(7-8-16)17-5-2-6-20(28)11-17)32-25-21(26(29,30)31)12-19(13-33(24)25)18-9-10-35-14-18/h2,5-6,9-16H,1,3-4,7-8H2. The quantitative estimate of drug-likeness (QED) is 0.147. The zero-order valence-electron chi connectivity index (χ0n) is 18.5. The summed E-state index contributed by atoms with van der Waals surface area (Å²) in [5.41, 5.74) is 0.429. The van der Waals surface area contributed by atoms with Crippen LogP contribution < -0.4 is 0 Å². The SMILES string of the molecule is O=C(c1nc2c(C(F)(F)F)cc(-c3ccoc3)cn2c1Br)C1CCCC(c2cccc(F)c2)CC1. The molecule has 2 atom stereocenters. The lowest BCUT2D eigenvalue weighted by Gasteiger charge is -2.15. The molecular weight excluding hydrogens is 528 g/mol. The summed E-state index contributed by atoms with van der Waals surface area (Å²) in [6, 6.07) is 9.09. The monoisotopic (exact) mass is 548 g/mol. The Bertz CT molecular complexity index is 1380. The van der Waals surface area contributed by atoms with E-state index >= 15 is 0 Å². The molecule has 35 heavy (non-hydrogen) atoms. The van der Waals surface area contributed by atoms with Crippen LogP contribution in [0, 0.1) is 11.7 Å². The summed E-state index contributed by atoms with van der Waals surface area (Å²) >= 11 is 3.34. The molecule has 4 aromatic rings. The molecule has 0 amide bonds. The van der Waals surface area contributed by atoms with Gasteiger partial charge in [0.15, 0.2) is 11.4 Å². The summed E-state index contributed by atoms with van der Waals surface area (Å²) < 4.78 is 61.9. The fourth-order valence-corrected chi connectivity index (χ4v) is 5.47. The Morgan fingerprint density at radius 2 is 1.91 bits per heavy atom. The third kappa shape index (κ3) is 4.66. The number of pyridine rings is 1. The predicted octanol–water partition coefficient (Wildman–Crippen LogP) is 8.06. The molecule has 2 unspecified atom stereocenters. The lowest BCUT2D eigenvalue weighted by atomic mass is 9.90. The molecular formula is C26H21BrF4N2O2. The van der Waals surface area contributed by atoms with Crippen molar-refractivity contribution >= 4 is 27.4 Å². The van der Waals surface area contributed by atoms with E-state index in [1.54, 1.807) is 12.1 Å². The fourth-order valence-electron chi connectivity index (χ4n) is 4.92. The average Bonchev–Trinajstić information content (AvgIpc) is 3.39. The molecule has 1 aromatic carbocycles. The number of alkyl halides is 3. The Hall–Kier alpha value is -2.94. The van der Waals surface area contributed by atoms with Gasteiger partial charge in [0.25, 0.3) is 0 Å². The maximum absolute atomic E-state index is 13.9. The van der Waals surface area contributed by atoms with Gasteiger partial charge in [0.05, 0.1) is 18.1 Å². The van der Waals surface area contributed by atoms with Crippen LogP contribution in [0.5, 0.6) is 0 Å². The second kappa shape index (κ2) is 9.26. The van der Waals surface area contributed by atoms with Gasteiger partial charge in [-0.15, -0.1) is 0 Å². The van der Waals surface area contributed by atoms with Gasteiger partial charge in [-0.3, -0.25) is 9.20 Å². The Morgan fingerprint density at radius 1 is 1.09 bits per heavy atom. The first kappa shape index (κ1) is 23.8. The number of halogens is 5. The summed E-state index contributed by atoms with van der Waals surface area (Å²) in [6.45, 7) is 0. The zero-order chi connectivity index (χ0) is 24.7. The molecule has 0 bridgehead atoms. The van der Waals surface area contributed by atoms with Gasteiger partial charge >= 0.3 is 6.18 Å². The van der Waals surface area contributed by atoms with Gasteiger partial charge in [0.1, 0.15) is 16.1 Å². The van der Waals surface area contributed by atoms with E-state index in [1.807, 2.05) is 6.07 Å². The van der Waals surface area contributed by atoms with E-state index in [-0.39, 0.29) is 39.4 Å². The summed E-state index contributed by atoms with van der Waals surface area (Å²) in [5, 5.41) is 0. The maximum atomic E-state index is 13.9. The lowest BCUT2D eigenvalue weighted by molar-refractivity contribution is -0.136. The van der Waals surface area contributed by atoms with E-state index in [9.17, 15) is 22.4 Å². The fraction of sp³-hybridized carbons (Fsp3) is 0.308. The lowest BCUT2D eigenvalue weighted by Crippen LogP contribution is -2.15. The molecule has 0 saturated heterocycles. The molecule has 1 aliphatic carbocycles. The minimum atomic E-state index is -4.66. The molecule has 0 radical (unpaired) electrons. The number of ketones is 1. The molecule has 3 heterocycles. The molecule has 4 nitrogen and oxygen atoms in total. The number of benzene rings is 1. The van der Waals surface area contributed by atoms with Gasteiger partial charge in [-0.25, -0.2) is 9.37 Å². The van der Waals surface area contributed by atoms with E-state index in [1.165, 1.54) is 35.3 Å². The molecule has 0 N–H and O–H groups in total. The van der Waals surface area contributed by atoms with Crippen LogP contribution in [-0.2, 0) is 6.18 Å². The summed E-state index contributed by atoms with van der Waals surface area (Å²) in [7, 11) is 0. The van der Waals surface area contributed by atoms with E-state index in [2.05, 4.69) is 20.9 Å². The molecule has 3 aromatic heterocycles. The number of rotatable bonds is 4. The van der Waals surface area contributed by atoms with Gasteiger partial charge in [-0.1, -0.05) is 18.6 Å². The number of fused-ring (bicyclic) bond motifs is 1. The van der Waals surface area contributed by atoms with Crippen LogP contribution in [-0.4, -0.2) is 15.2 Å². The topological polar surface area (TPSA) is 47.5 Å². The first-order chi connectivity index (χ1) is 16.7. The summed E-state index contributed by atoms with van der Waals surface area (Å²) in [4.78, 5) is 17.6. The summed E-state index contributed by atoms with van der Waals surface area (Å²) in [6.07, 6.45) is 3.05. The highest BCUT2D eigenvalue weighted by atomic mass is 79.9. The number of imidazole rings is 1. The first-order valence-electron chi connectivity index (χ1n) is 11.3. The second-order valence-electron chi connectivity index (χ2n) is 8.92. The third-order valence-electron chi connectivity index (χ3n) is 6.71. The molecule has 0 aliphatic heterocycles. The Kier molecular flexibility index (Phi) is 6.29. The largest absolute Gasteiger partial charge is 0.472 e. The normalized spacial score (nSPS) is 19.1. The van der Waals surface area contributed by atoms with Crippen LogP contribution in [0.2, 0.25) is 0 Å². The van der Waals surface area contributed by atoms with Crippen molar-refractivity contribution < 1.29 is 26.8 Å². The van der Waals surface area contributed by atoms with Crippen LogP contribution in [0.25, 0.3) is 16.8 Å². The highest BCUT2D eigenvalue weighted by molar-refractivity contribution is 9.10.